The van der Waals surface area contributed by atoms with Crippen molar-refractivity contribution in [1.29, 1.82) is 0 Å². The molecule has 0 radical (unpaired) electrons. The lowest BCUT2D eigenvalue weighted by atomic mass is 9.98. The van der Waals surface area contributed by atoms with Crippen molar-refractivity contribution in [2.75, 3.05) is 4.90 Å². The highest BCUT2D eigenvalue weighted by atomic mass is 32.1. The standard InChI is InChI=1S/C52H35NS/c1-2-10-36(11-3-1)41-14-8-15-42(32-41)38-22-27-46(28-23-38)53(48-17-9-16-43(34-48)44-21-20-37-12-4-5-13-40(37)33-44)47-29-24-39(25-30-47)45-26-31-52-50(35-45)49-18-6-7-19-51(49)54-52/h1-35H. The van der Waals surface area contributed by atoms with Gasteiger partial charge in [-0.1, -0.05) is 146 Å². The summed E-state index contributed by atoms with van der Waals surface area (Å²) in [5.41, 5.74) is 13.0. The monoisotopic (exact) mass is 705 g/mol. The number of fused-ring (bicyclic) bond motifs is 4. The number of thiophene rings is 1. The maximum atomic E-state index is 2.37. The highest BCUT2D eigenvalue weighted by molar-refractivity contribution is 7.25. The Kier molecular flexibility index (Phi) is 8.09. The smallest absolute Gasteiger partial charge is 0.0467 e. The van der Waals surface area contributed by atoms with E-state index in [1.54, 1.807) is 0 Å². The van der Waals surface area contributed by atoms with Gasteiger partial charge in [0.2, 0.25) is 0 Å². The molecule has 10 aromatic rings. The Balaban J connectivity index is 1.04. The predicted octanol–water partition coefficient (Wildman–Crippen LogP) is 15.3. The highest BCUT2D eigenvalue weighted by Crippen LogP contribution is 2.40. The van der Waals surface area contributed by atoms with Gasteiger partial charge >= 0.3 is 0 Å². The quantitative estimate of drug-likeness (QED) is 0.160. The molecule has 0 atom stereocenters. The maximum Gasteiger partial charge on any atom is 0.0467 e. The molecular formula is C52H35NS. The Bertz CT molecular complexity index is 2920. The average molecular weight is 706 g/mol. The summed E-state index contributed by atoms with van der Waals surface area (Å²) in [7, 11) is 0. The third kappa shape index (κ3) is 6.03. The number of hydrogen-bond donors (Lipinski definition) is 0. The molecule has 1 aromatic heterocycles. The van der Waals surface area contributed by atoms with E-state index >= 15 is 0 Å². The number of rotatable bonds is 7. The molecule has 54 heavy (non-hydrogen) atoms. The van der Waals surface area contributed by atoms with Crippen LogP contribution in [0.25, 0.3) is 75.5 Å². The van der Waals surface area contributed by atoms with Gasteiger partial charge in [0.25, 0.3) is 0 Å². The summed E-state index contributed by atoms with van der Waals surface area (Å²) < 4.78 is 2.65. The second-order valence-electron chi connectivity index (χ2n) is 13.8. The summed E-state index contributed by atoms with van der Waals surface area (Å²) >= 11 is 1.86. The minimum Gasteiger partial charge on any atom is -0.310 e. The maximum absolute atomic E-state index is 2.37. The lowest BCUT2D eigenvalue weighted by Gasteiger charge is -2.26. The third-order valence-corrected chi connectivity index (χ3v) is 11.6. The fourth-order valence-electron chi connectivity index (χ4n) is 7.66. The minimum absolute atomic E-state index is 1.10. The Labute approximate surface area is 319 Å². The van der Waals surface area contributed by atoms with Crippen LogP contribution in [0.3, 0.4) is 0 Å². The largest absolute Gasteiger partial charge is 0.310 e. The van der Waals surface area contributed by atoms with E-state index in [4.69, 9.17) is 0 Å². The van der Waals surface area contributed by atoms with Gasteiger partial charge in [-0.05, 0) is 122 Å². The molecule has 10 rings (SSSR count). The summed E-state index contributed by atoms with van der Waals surface area (Å²) in [5, 5.41) is 5.13. The minimum atomic E-state index is 1.10. The molecule has 254 valence electrons. The van der Waals surface area contributed by atoms with Crippen LogP contribution in [0.1, 0.15) is 0 Å². The molecule has 0 saturated heterocycles. The topological polar surface area (TPSA) is 3.24 Å². The zero-order valence-electron chi connectivity index (χ0n) is 29.6. The van der Waals surface area contributed by atoms with Crippen LogP contribution >= 0.6 is 11.3 Å². The van der Waals surface area contributed by atoms with E-state index in [2.05, 4.69) is 217 Å². The van der Waals surface area contributed by atoms with Gasteiger partial charge < -0.3 is 4.90 Å². The van der Waals surface area contributed by atoms with Crippen molar-refractivity contribution in [3.8, 4) is 44.5 Å². The van der Waals surface area contributed by atoms with Crippen molar-refractivity contribution in [3.63, 3.8) is 0 Å². The lowest BCUT2D eigenvalue weighted by Crippen LogP contribution is -2.10. The van der Waals surface area contributed by atoms with E-state index in [0.29, 0.717) is 0 Å². The Hall–Kier alpha value is -6.74. The van der Waals surface area contributed by atoms with E-state index in [0.717, 1.165) is 17.1 Å². The third-order valence-electron chi connectivity index (χ3n) is 10.5. The Morgan fingerprint density at radius 1 is 0.259 bits per heavy atom. The number of hydrogen-bond acceptors (Lipinski definition) is 2. The summed E-state index contributed by atoms with van der Waals surface area (Å²) in [6.07, 6.45) is 0. The zero-order valence-corrected chi connectivity index (χ0v) is 30.4. The van der Waals surface area contributed by atoms with Crippen LogP contribution in [0, 0.1) is 0 Å². The number of nitrogens with zero attached hydrogens (tertiary/aromatic N) is 1. The Morgan fingerprint density at radius 2 is 0.759 bits per heavy atom. The van der Waals surface area contributed by atoms with Gasteiger partial charge in [0.05, 0.1) is 0 Å². The summed E-state index contributed by atoms with van der Waals surface area (Å²) in [4.78, 5) is 2.37. The van der Waals surface area contributed by atoms with E-state index in [1.165, 1.54) is 75.5 Å². The fourth-order valence-corrected chi connectivity index (χ4v) is 8.75. The molecule has 0 bridgehead atoms. The van der Waals surface area contributed by atoms with Gasteiger partial charge in [-0.15, -0.1) is 11.3 Å². The first-order valence-electron chi connectivity index (χ1n) is 18.4. The van der Waals surface area contributed by atoms with Crippen LogP contribution < -0.4 is 4.90 Å². The van der Waals surface area contributed by atoms with Gasteiger partial charge in [0.1, 0.15) is 0 Å². The molecule has 0 aliphatic heterocycles. The van der Waals surface area contributed by atoms with E-state index in [9.17, 15) is 0 Å². The van der Waals surface area contributed by atoms with Crippen molar-refractivity contribution in [2.24, 2.45) is 0 Å². The predicted molar refractivity (Wildman–Crippen MR) is 233 cm³/mol. The molecule has 9 aromatic carbocycles. The van der Waals surface area contributed by atoms with Gasteiger partial charge in [-0.2, -0.15) is 0 Å². The molecule has 0 spiro atoms. The molecule has 0 aliphatic rings. The zero-order chi connectivity index (χ0) is 35.8. The van der Waals surface area contributed by atoms with Crippen LogP contribution in [-0.4, -0.2) is 0 Å². The summed E-state index contributed by atoms with van der Waals surface area (Å²) in [6, 6.07) is 77.2. The van der Waals surface area contributed by atoms with E-state index in [-0.39, 0.29) is 0 Å². The Morgan fingerprint density at radius 3 is 1.50 bits per heavy atom. The molecular weight excluding hydrogens is 671 g/mol. The van der Waals surface area contributed by atoms with Crippen molar-refractivity contribution in [1.82, 2.24) is 0 Å². The molecule has 0 aliphatic carbocycles. The molecule has 2 heteroatoms. The number of anilines is 3. The van der Waals surface area contributed by atoms with Gasteiger partial charge in [-0.25, -0.2) is 0 Å². The normalized spacial score (nSPS) is 11.3. The number of benzene rings is 9. The summed E-state index contributed by atoms with van der Waals surface area (Å²) in [6.45, 7) is 0. The molecule has 0 unspecified atom stereocenters. The van der Waals surface area contributed by atoms with Gasteiger partial charge in [-0.3, -0.25) is 0 Å². The molecule has 0 amide bonds. The highest BCUT2D eigenvalue weighted by Gasteiger charge is 2.15. The van der Waals surface area contributed by atoms with Crippen LogP contribution in [-0.2, 0) is 0 Å². The van der Waals surface area contributed by atoms with Crippen molar-refractivity contribution < 1.29 is 0 Å². The van der Waals surface area contributed by atoms with Crippen LogP contribution in [0.5, 0.6) is 0 Å². The molecule has 0 N–H and O–H groups in total. The van der Waals surface area contributed by atoms with Crippen LogP contribution in [0.2, 0.25) is 0 Å². The first kappa shape index (κ1) is 32.0. The van der Waals surface area contributed by atoms with Crippen molar-refractivity contribution >= 4 is 59.3 Å². The summed E-state index contributed by atoms with van der Waals surface area (Å²) in [5.74, 6) is 0. The molecule has 0 saturated carbocycles. The van der Waals surface area contributed by atoms with E-state index < -0.39 is 0 Å². The fraction of sp³-hybridized carbons (Fsp3) is 0. The molecule has 1 nitrogen and oxygen atoms in total. The SMILES string of the molecule is c1ccc(-c2cccc(-c3ccc(N(c4ccc(-c5ccc6sc7ccccc7c6c5)cc4)c4cccc(-c5ccc6ccccc6c5)c4)cc3)c2)cc1. The second-order valence-corrected chi connectivity index (χ2v) is 14.9. The van der Waals surface area contributed by atoms with Crippen molar-refractivity contribution in [2.45, 2.75) is 0 Å². The van der Waals surface area contributed by atoms with E-state index in [1.807, 2.05) is 11.3 Å². The van der Waals surface area contributed by atoms with Crippen LogP contribution in [0.4, 0.5) is 17.1 Å². The molecule has 1 heterocycles. The lowest BCUT2D eigenvalue weighted by molar-refractivity contribution is 1.28. The first-order valence-corrected chi connectivity index (χ1v) is 19.2. The second kappa shape index (κ2) is 13.7. The van der Waals surface area contributed by atoms with Gasteiger partial charge in [0.15, 0.2) is 0 Å². The average Bonchev–Trinajstić information content (AvgIpc) is 3.63. The van der Waals surface area contributed by atoms with Gasteiger partial charge in [0, 0.05) is 37.2 Å². The van der Waals surface area contributed by atoms with Crippen LogP contribution in [0.15, 0.2) is 212 Å². The van der Waals surface area contributed by atoms with Crippen molar-refractivity contribution in [3.05, 3.63) is 212 Å². The molecule has 0 fully saturated rings. The first-order chi connectivity index (χ1) is 26.7.